The highest BCUT2D eigenvalue weighted by molar-refractivity contribution is 5.93. The summed E-state index contributed by atoms with van der Waals surface area (Å²) in [5.41, 5.74) is 8.35. The van der Waals surface area contributed by atoms with Gasteiger partial charge < -0.3 is 9.84 Å². The molecule has 0 radical (unpaired) electrons. The second-order valence-electron chi connectivity index (χ2n) is 9.58. The van der Waals surface area contributed by atoms with Crippen LogP contribution >= 0.6 is 0 Å². The van der Waals surface area contributed by atoms with Crippen molar-refractivity contribution in [1.82, 2.24) is 20.2 Å². The summed E-state index contributed by atoms with van der Waals surface area (Å²) in [6.45, 7) is 0. The van der Waals surface area contributed by atoms with E-state index < -0.39 is 0 Å². The van der Waals surface area contributed by atoms with Crippen molar-refractivity contribution in [2.75, 3.05) is 7.11 Å². The lowest BCUT2D eigenvalue weighted by Crippen LogP contribution is -2.17. The van der Waals surface area contributed by atoms with E-state index in [0.29, 0.717) is 11.7 Å². The van der Waals surface area contributed by atoms with Crippen LogP contribution in [0.5, 0.6) is 5.75 Å². The van der Waals surface area contributed by atoms with E-state index in [0.717, 1.165) is 83.3 Å². The van der Waals surface area contributed by atoms with Crippen LogP contribution in [0, 0.1) is 11.3 Å². The van der Waals surface area contributed by atoms with E-state index in [1.54, 1.807) is 7.11 Å². The van der Waals surface area contributed by atoms with Gasteiger partial charge in [0.2, 0.25) is 0 Å². The summed E-state index contributed by atoms with van der Waals surface area (Å²) in [5.74, 6) is 1.01. The highest BCUT2D eigenvalue weighted by Crippen LogP contribution is 2.42. The molecule has 1 aromatic carbocycles. The topological polar surface area (TPSA) is 108 Å². The SMILES string of the molecule is COc1cc2[nH]nc(-c3ccc(C4CCC(O)CC4)nc3)c2nc1-c1cccc2c1CCC2C#N. The number of benzene rings is 1. The maximum absolute atomic E-state index is 9.80. The van der Waals surface area contributed by atoms with E-state index in [2.05, 4.69) is 34.5 Å². The third kappa shape index (κ3) is 3.75. The fourth-order valence-electron chi connectivity index (χ4n) is 5.65. The number of aliphatic hydroxyl groups excluding tert-OH is 1. The van der Waals surface area contributed by atoms with Crippen molar-refractivity contribution in [3.8, 4) is 34.3 Å². The van der Waals surface area contributed by atoms with Gasteiger partial charge in [0.15, 0.2) is 0 Å². The lowest BCUT2D eigenvalue weighted by atomic mass is 9.85. The Morgan fingerprint density at radius 2 is 1.94 bits per heavy atom. The fraction of sp³-hybridized carbons (Fsp3) is 0.357. The van der Waals surface area contributed by atoms with Gasteiger partial charge in [0.25, 0.3) is 0 Å². The molecule has 0 saturated heterocycles. The van der Waals surface area contributed by atoms with E-state index in [1.807, 2.05) is 24.4 Å². The Bertz CT molecular complexity index is 1430. The summed E-state index contributed by atoms with van der Waals surface area (Å²) in [7, 11) is 1.65. The molecule has 4 aromatic rings. The molecule has 2 N–H and O–H groups in total. The van der Waals surface area contributed by atoms with Crippen LogP contribution in [0.2, 0.25) is 0 Å². The van der Waals surface area contributed by atoms with E-state index in [-0.39, 0.29) is 12.0 Å². The molecule has 1 unspecified atom stereocenters. The molecule has 0 bridgehead atoms. The Hall–Kier alpha value is -3.76. The number of aliphatic hydroxyl groups is 1. The fourth-order valence-corrected chi connectivity index (χ4v) is 5.65. The number of rotatable bonds is 4. The van der Waals surface area contributed by atoms with E-state index in [9.17, 15) is 10.4 Å². The monoisotopic (exact) mass is 465 g/mol. The molecule has 1 fully saturated rings. The number of fused-ring (bicyclic) bond motifs is 2. The maximum atomic E-state index is 9.80. The summed E-state index contributed by atoms with van der Waals surface area (Å²) in [6, 6.07) is 14.6. The second kappa shape index (κ2) is 8.79. The van der Waals surface area contributed by atoms with Crippen LogP contribution in [-0.4, -0.2) is 38.5 Å². The molecule has 3 aromatic heterocycles. The van der Waals surface area contributed by atoms with E-state index in [1.165, 1.54) is 5.56 Å². The maximum Gasteiger partial charge on any atom is 0.147 e. The first-order valence-corrected chi connectivity index (χ1v) is 12.3. The smallest absolute Gasteiger partial charge is 0.147 e. The third-order valence-corrected chi connectivity index (χ3v) is 7.58. The molecule has 7 nitrogen and oxygen atoms in total. The molecule has 1 atom stereocenters. The lowest BCUT2D eigenvalue weighted by molar-refractivity contribution is 0.122. The summed E-state index contributed by atoms with van der Waals surface area (Å²) < 4.78 is 5.72. The second-order valence-corrected chi connectivity index (χ2v) is 9.58. The summed E-state index contributed by atoms with van der Waals surface area (Å²) >= 11 is 0. The zero-order valence-electron chi connectivity index (χ0n) is 19.7. The third-order valence-electron chi connectivity index (χ3n) is 7.58. The number of nitrogens with one attached hydrogen (secondary N) is 1. The highest BCUT2D eigenvalue weighted by Gasteiger charge is 2.27. The first-order valence-electron chi connectivity index (χ1n) is 12.3. The van der Waals surface area contributed by atoms with Crippen molar-refractivity contribution in [2.45, 2.75) is 56.5 Å². The van der Waals surface area contributed by atoms with E-state index >= 15 is 0 Å². The van der Waals surface area contributed by atoms with Crippen molar-refractivity contribution in [1.29, 1.82) is 5.26 Å². The quantitative estimate of drug-likeness (QED) is 0.425. The van der Waals surface area contributed by atoms with Crippen LogP contribution < -0.4 is 4.74 Å². The van der Waals surface area contributed by atoms with Gasteiger partial charge in [-0.15, -0.1) is 0 Å². The van der Waals surface area contributed by atoms with Gasteiger partial charge >= 0.3 is 0 Å². The molecule has 0 amide bonds. The van der Waals surface area contributed by atoms with Crippen LogP contribution in [0.4, 0.5) is 0 Å². The van der Waals surface area contributed by atoms with Crippen molar-refractivity contribution in [2.24, 2.45) is 0 Å². The van der Waals surface area contributed by atoms with Crippen LogP contribution in [0.3, 0.4) is 0 Å². The highest BCUT2D eigenvalue weighted by atomic mass is 16.5. The summed E-state index contributed by atoms with van der Waals surface area (Å²) in [6.07, 6.45) is 7.01. The predicted octanol–water partition coefficient (Wildman–Crippen LogP) is 5.27. The van der Waals surface area contributed by atoms with Gasteiger partial charge in [-0.1, -0.05) is 18.2 Å². The van der Waals surface area contributed by atoms with Crippen LogP contribution in [0.1, 0.15) is 60.8 Å². The molecule has 0 spiro atoms. The molecule has 6 rings (SSSR count). The van der Waals surface area contributed by atoms with Gasteiger partial charge in [0.05, 0.1) is 30.7 Å². The van der Waals surface area contributed by atoms with Crippen molar-refractivity contribution >= 4 is 11.0 Å². The minimum absolute atomic E-state index is 0.0684. The first-order chi connectivity index (χ1) is 17.2. The molecular formula is C28H27N5O2. The number of ether oxygens (including phenoxy) is 1. The van der Waals surface area contributed by atoms with Crippen LogP contribution in [0.25, 0.3) is 33.5 Å². The Balaban J connectivity index is 1.40. The zero-order chi connectivity index (χ0) is 23.9. The molecular weight excluding hydrogens is 438 g/mol. The van der Waals surface area contributed by atoms with Gasteiger partial charge in [-0.2, -0.15) is 10.4 Å². The standard InChI is InChI=1S/C28H27N5O2/c1-35-25-13-24-28(31-27(25)22-4-2-3-20-17(14-29)7-11-21(20)22)26(33-32-24)18-8-12-23(30-15-18)16-5-9-19(34)10-6-16/h2-4,8,12-13,15-17,19,34H,5-7,9-11H2,1H3,(H,32,33). The molecule has 35 heavy (non-hydrogen) atoms. The van der Waals surface area contributed by atoms with Crippen LogP contribution in [0.15, 0.2) is 42.6 Å². The van der Waals surface area contributed by atoms with Crippen molar-refractivity contribution in [3.63, 3.8) is 0 Å². The number of hydrogen-bond acceptors (Lipinski definition) is 6. The Morgan fingerprint density at radius 3 is 2.69 bits per heavy atom. The summed E-state index contributed by atoms with van der Waals surface area (Å²) in [5, 5.41) is 27.0. The zero-order valence-corrected chi connectivity index (χ0v) is 19.7. The molecule has 2 aliphatic carbocycles. The minimum Gasteiger partial charge on any atom is -0.494 e. The number of H-pyrrole nitrogens is 1. The van der Waals surface area contributed by atoms with Crippen molar-refractivity contribution in [3.05, 3.63) is 59.4 Å². The Morgan fingerprint density at radius 1 is 1.09 bits per heavy atom. The number of nitriles is 1. The molecule has 1 saturated carbocycles. The average Bonchev–Trinajstić information content (AvgIpc) is 3.52. The van der Waals surface area contributed by atoms with E-state index in [4.69, 9.17) is 14.7 Å². The normalized spacial score (nSPS) is 21.6. The Kier molecular flexibility index (Phi) is 5.46. The van der Waals surface area contributed by atoms with Gasteiger partial charge in [-0.3, -0.25) is 10.1 Å². The molecule has 0 aliphatic heterocycles. The van der Waals surface area contributed by atoms with Crippen LogP contribution in [-0.2, 0) is 6.42 Å². The largest absolute Gasteiger partial charge is 0.494 e. The number of hydrogen-bond donors (Lipinski definition) is 2. The van der Waals surface area contributed by atoms with Gasteiger partial charge in [0, 0.05) is 35.0 Å². The first kappa shape index (κ1) is 21.8. The van der Waals surface area contributed by atoms with Crippen molar-refractivity contribution < 1.29 is 9.84 Å². The molecule has 3 heterocycles. The molecule has 2 aliphatic rings. The summed E-state index contributed by atoms with van der Waals surface area (Å²) in [4.78, 5) is 9.80. The number of nitrogens with zero attached hydrogens (tertiary/aromatic N) is 4. The average molecular weight is 466 g/mol. The number of methoxy groups -OCH3 is 1. The lowest BCUT2D eigenvalue weighted by Gasteiger charge is -2.24. The predicted molar refractivity (Wildman–Crippen MR) is 133 cm³/mol. The Labute approximate surface area is 203 Å². The molecule has 176 valence electrons. The van der Waals surface area contributed by atoms with Gasteiger partial charge in [0.1, 0.15) is 22.7 Å². The van der Waals surface area contributed by atoms with Gasteiger partial charge in [-0.05, 0) is 61.8 Å². The minimum atomic E-state index is -0.171. The number of aromatic nitrogens is 4. The molecule has 7 heteroatoms. The number of pyridine rings is 2. The van der Waals surface area contributed by atoms with Gasteiger partial charge in [-0.25, -0.2) is 4.98 Å². The number of aromatic amines is 1.